The van der Waals surface area contributed by atoms with Crippen LogP contribution in [-0.2, 0) is 11.2 Å². The lowest BCUT2D eigenvalue weighted by molar-refractivity contribution is -0.117. The highest BCUT2D eigenvalue weighted by Crippen LogP contribution is 2.24. The molecule has 0 atom stereocenters. The molecule has 4 heterocycles. The predicted octanol–water partition coefficient (Wildman–Crippen LogP) is 4.13. The smallest absolute Gasteiger partial charge is 0.255 e. The number of oxazole rings is 1. The van der Waals surface area contributed by atoms with Crippen molar-refractivity contribution in [2.24, 2.45) is 0 Å². The average Bonchev–Trinajstić information content (AvgIpc) is 3.54. The van der Waals surface area contributed by atoms with Crippen LogP contribution in [0.2, 0.25) is 0 Å². The van der Waals surface area contributed by atoms with E-state index in [-0.39, 0.29) is 11.5 Å². The van der Waals surface area contributed by atoms with Gasteiger partial charge in [-0.15, -0.1) is 0 Å². The van der Waals surface area contributed by atoms with Crippen molar-refractivity contribution in [3.63, 3.8) is 0 Å². The third-order valence-corrected chi connectivity index (χ3v) is 6.46. The first kappa shape index (κ1) is 23.7. The van der Waals surface area contributed by atoms with Crippen LogP contribution < -0.4 is 10.9 Å². The molecule has 184 valence electrons. The molecule has 1 saturated heterocycles. The van der Waals surface area contributed by atoms with Gasteiger partial charge in [0.2, 0.25) is 5.91 Å². The van der Waals surface area contributed by atoms with E-state index >= 15 is 0 Å². The lowest BCUT2D eigenvalue weighted by atomic mass is 10.0. The molecule has 1 N–H and O–H groups in total. The topological polar surface area (TPSA) is 93.3 Å². The van der Waals surface area contributed by atoms with Crippen LogP contribution in [0.3, 0.4) is 0 Å². The fourth-order valence-corrected chi connectivity index (χ4v) is 4.46. The summed E-state index contributed by atoms with van der Waals surface area (Å²) in [5.41, 5.74) is 5.07. The molecule has 1 aliphatic heterocycles. The van der Waals surface area contributed by atoms with E-state index in [2.05, 4.69) is 20.2 Å². The minimum atomic E-state index is -0.116. The van der Waals surface area contributed by atoms with Crippen LogP contribution in [-0.4, -0.2) is 45.0 Å². The van der Waals surface area contributed by atoms with Gasteiger partial charge in [0.15, 0.2) is 11.7 Å². The van der Waals surface area contributed by atoms with E-state index in [1.807, 2.05) is 44.2 Å². The van der Waals surface area contributed by atoms with Crippen LogP contribution in [0.5, 0.6) is 0 Å². The van der Waals surface area contributed by atoms with Gasteiger partial charge in [-0.1, -0.05) is 6.07 Å². The van der Waals surface area contributed by atoms with Crippen LogP contribution in [0.1, 0.15) is 35.4 Å². The summed E-state index contributed by atoms with van der Waals surface area (Å²) in [6, 6.07) is 11.2. The number of aryl methyl sites for hydroxylation is 2. The second-order valence-corrected chi connectivity index (χ2v) is 9.31. The lowest BCUT2D eigenvalue weighted by Crippen LogP contribution is -2.30. The Kier molecular flexibility index (Phi) is 6.77. The molecule has 8 nitrogen and oxygen atoms in total. The third kappa shape index (κ3) is 5.44. The maximum Gasteiger partial charge on any atom is 0.255 e. The summed E-state index contributed by atoms with van der Waals surface area (Å²) < 4.78 is 7.60. The summed E-state index contributed by atoms with van der Waals surface area (Å²) >= 11 is 0. The van der Waals surface area contributed by atoms with Gasteiger partial charge in [0.05, 0.1) is 24.6 Å². The van der Waals surface area contributed by atoms with Crippen molar-refractivity contribution in [2.45, 2.75) is 33.1 Å². The first-order valence-corrected chi connectivity index (χ1v) is 12.2. The van der Waals surface area contributed by atoms with Gasteiger partial charge in [-0.3, -0.25) is 24.0 Å². The summed E-state index contributed by atoms with van der Waals surface area (Å²) in [6.07, 6.45) is 9.55. The molecule has 0 spiro atoms. The van der Waals surface area contributed by atoms with Gasteiger partial charge in [-0.05, 0) is 80.7 Å². The second-order valence-electron chi connectivity index (χ2n) is 9.31. The van der Waals surface area contributed by atoms with Gasteiger partial charge in [0.1, 0.15) is 0 Å². The molecular formula is C28H29N5O3. The molecule has 4 aromatic rings. The fourth-order valence-electron chi connectivity index (χ4n) is 4.46. The van der Waals surface area contributed by atoms with Gasteiger partial charge >= 0.3 is 0 Å². The van der Waals surface area contributed by atoms with Gasteiger partial charge in [-0.25, -0.2) is 4.98 Å². The minimum absolute atomic E-state index is 0.00479. The van der Waals surface area contributed by atoms with E-state index < -0.39 is 0 Å². The molecule has 1 amide bonds. The number of rotatable bonds is 7. The SMILES string of the molecule is Cc1ccn(-c2cncc(-c3cnc(Cc4cc(NC(=O)CN5CCCC5)ccc4C)o3)c2)c(=O)c1. The maximum atomic E-state index is 12.4. The van der Waals surface area contributed by atoms with Crippen molar-refractivity contribution in [3.8, 4) is 17.0 Å². The number of anilines is 1. The maximum absolute atomic E-state index is 12.4. The number of hydrogen-bond donors (Lipinski definition) is 1. The number of hydrogen-bond acceptors (Lipinski definition) is 6. The van der Waals surface area contributed by atoms with E-state index in [0.29, 0.717) is 30.3 Å². The van der Waals surface area contributed by atoms with Crippen LogP contribution in [0.25, 0.3) is 17.0 Å². The Bertz CT molecular complexity index is 1450. The summed E-state index contributed by atoms with van der Waals surface area (Å²) in [4.78, 5) is 35.8. The number of aromatic nitrogens is 3. The fraction of sp³-hybridized carbons (Fsp3) is 0.286. The first-order chi connectivity index (χ1) is 17.4. The molecular weight excluding hydrogens is 454 g/mol. The van der Waals surface area contributed by atoms with Crippen LogP contribution in [0, 0.1) is 13.8 Å². The van der Waals surface area contributed by atoms with E-state index in [9.17, 15) is 9.59 Å². The molecule has 3 aromatic heterocycles. The summed E-state index contributed by atoms with van der Waals surface area (Å²) in [5, 5.41) is 3.02. The molecule has 1 aromatic carbocycles. The number of likely N-dealkylation sites (tertiary alicyclic amines) is 1. The normalized spacial score (nSPS) is 13.7. The minimum Gasteiger partial charge on any atom is -0.440 e. The monoisotopic (exact) mass is 483 g/mol. The zero-order chi connectivity index (χ0) is 25.1. The molecule has 0 bridgehead atoms. The Morgan fingerprint density at radius 1 is 1.06 bits per heavy atom. The number of carbonyl (C=O) groups excluding carboxylic acids is 1. The standard InChI is InChI=1S/C28H29N5O3/c1-19-7-10-33(28(35)11-19)24-13-22(15-29-16-24)25-17-30-27(36-25)14-21-12-23(6-5-20(21)2)31-26(34)18-32-8-3-4-9-32/h5-7,10-13,15-17H,3-4,8-9,14,18H2,1-2H3,(H,31,34). The Hall–Kier alpha value is -4.04. The van der Waals surface area contributed by atoms with E-state index in [0.717, 1.165) is 53.9 Å². The van der Waals surface area contributed by atoms with Gasteiger partial charge in [0.25, 0.3) is 5.56 Å². The Labute approximate surface area is 209 Å². The van der Waals surface area contributed by atoms with Gasteiger partial charge in [-0.2, -0.15) is 0 Å². The summed E-state index contributed by atoms with van der Waals surface area (Å²) in [7, 11) is 0. The Balaban J connectivity index is 1.31. The molecule has 5 rings (SSSR count). The van der Waals surface area contributed by atoms with E-state index in [4.69, 9.17) is 4.42 Å². The Morgan fingerprint density at radius 2 is 1.89 bits per heavy atom. The zero-order valence-corrected chi connectivity index (χ0v) is 20.5. The van der Waals surface area contributed by atoms with Crippen molar-refractivity contribution in [1.82, 2.24) is 19.4 Å². The predicted molar refractivity (Wildman–Crippen MR) is 138 cm³/mol. The Morgan fingerprint density at radius 3 is 2.69 bits per heavy atom. The molecule has 1 fully saturated rings. The number of pyridine rings is 2. The first-order valence-electron chi connectivity index (χ1n) is 12.2. The van der Waals surface area contributed by atoms with E-state index in [1.54, 1.807) is 35.4 Å². The van der Waals surface area contributed by atoms with Crippen LogP contribution in [0.15, 0.2) is 70.4 Å². The molecule has 1 aliphatic rings. The highest BCUT2D eigenvalue weighted by molar-refractivity contribution is 5.92. The lowest BCUT2D eigenvalue weighted by Gasteiger charge is -2.15. The van der Waals surface area contributed by atoms with Gasteiger partial charge in [0, 0.05) is 36.1 Å². The highest BCUT2D eigenvalue weighted by atomic mass is 16.4. The molecule has 0 unspecified atom stereocenters. The largest absolute Gasteiger partial charge is 0.440 e. The second kappa shape index (κ2) is 10.3. The molecule has 0 radical (unpaired) electrons. The van der Waals surface area contributed by atoms with E-state index in [1.165, 1.54) is 0 Å². The molecule has 36 heavy (non-hydrogen) atoms. The highest BCUT2D eigenvalue weighted by Gasteiger charge is 2.16. The van der Waals surface area contributed by atoms with Crippen molar-refractivity contribution < 1.29 is 9.21 Å². The van der Waals surface area contributed by atoms with Crippen molar-refractivity contribution in [1.29, 1.82) is 0 Å². The average molecular weight is 484 g/mol. The number of benzene rings is 1. The van der Waals surface area contributed by atoms with Crippen molar-refractivity contribution in [3.05, 3.63) is 94.1 Å². The number of amides is 1. The van der Waals surface area contributed by atoms with Crippen LogP contribution in [0.4, 0.5) is 5.69 Å². The van der Waals surface area contributed by atoms with Crippen LogP contribution >= 0.6 is 0 Å². The molecule has 0 saturated carbocycles. The summed E-state index contributed by atoms with van der Waals surface area (Å²) in [6.45, 7) is 6.31. The number of carbonyl (C=O) groups is 1. The van der Waals surface area contributed by atoms with Crippen molar-refractivity contribution >= 4 is 11.6 Å². The van der Waals surface area contributed by atoms with Crippen molar-refractivity contribution in [2.75, 3.05) is 25.0 Å². The van der Waals surface area contributed by atoms with Gasteiger partial charge < -0.3 is 9.73 Å². The zero-order valence-electron chi connectivity index (χ0n) is 20.5. The quantitative estimate of drug-likeness (QED) is 0.425. The number of nitrogens with zero attached hydrogens (tertiary/aromatic N) is 4. The summed E-state index contributed by atoms with van der Waals surface area (Å²) in [5.74, 6) is 1.14. The third-order valence-electron chi connectivity index (χ3n) is 6.46. The number of nitrogens with one attached hydrogen (secondary N) is 1. The molecule has 0 aliphatic carbocycles. The molecule has 8 heteroatoms.